The smallest absolute Gasteiger partial charge is 0.274 e. The standard InChI is InChI=1S/C16H24N6O3S/c1-4-20-7-6-14(18-20)16(23)19-8-10-22(11-9-19)26(24,25)15-12-21(5-2)17-13(15)3/h6-7,12H,4-5,8-11H2,1-3H3. The maximum absolute atomic E-state index is 12.9. The Bertz CT molecular complexity index is 893. The second kappa shape index (κ2) is 7.20. The van der Waals surface area contributed by atoms with Crippen LogP contribution < -0.4 is 0 Å². The van der Waals surface area contributed by atoms with E-state index in [1.165, 1.54) is 4.31 Å². The van der Waals surface area contributed by atoms with Gasteiger partial charge in [0.1, 0.15) is 10.6 Å². The zero-order chi connectivity index (χ0) is 18.9. The van der Waals surface area contributed by atoms with E-state index >= 15 is 0 Å². The normalized spacial score (nSPS) is 16.2. The highest BCUT2D eigenvalue weighted by molar-refractivity contribution is 7.89. The van der Waals surface area contributed by atoms with Crippen LogP contribution in [-0.4, -0.2) is 69.3 Å². The quantitative estimate of drug-likeness (QED) is 0.756. The Labute approximate surface area is 153 Å². The molecule has 2 aromatic heterocycles. The molecule has 9 nitrogen and oxygen atoms in total. The first kappa shape index (κ1) is 18.6. The Morgan fingerprint density at radius 1 is 1.08 bits per heavy atom. The largest absolute Gasteiger partial charge is 0.335 e. The zero-order valence-electron chi connectivity index (χ0n) is 15.3. The lowest BCUT2D eigenvalue weighted by molar-refractivity contribution is 0.0691. The molecule has 0 aromatic carbocycles. The summed E-state index contributed by atoms with van der Waals surface area (Å²) in [4.78, 5) is 14.4. The summed E-state index contributed by atoms with van der Waals surface area (Å²) in [6, 6.07) is 1.69. The van der Waals surface area contributed by atoms with E-state index in [1.54, 1.807) is 39.6 Å². The van der Waals surface area contributed by atoms with Crippen molar-refractivity contribution in [2.75, 3.05) is 26.2 Å². The molecule has 0 N–H and O–H groups in total. The first-order chi connectivity index (χ1) is 12.4. The molecular formula is C16H24N6O3S. The third-order valence-electron chi connectivity index (χ3n) is 4.55. The van der Waals surface area contributed by atoms with Crippen LogP contribution in [0.3, 0.4) is 0 Å². The SMILES string of the molecule is CCn1ccc(C(=O)N2CCN(S(=O)(=O)c3cn(CC)nc3C)CC2)n1. The summed E-state index contributed by atoms with van der Waals surface area (Å²) in [5.41, 5.74) is 0.888. The van der Waals surface area contributed by atoms with Crippen LogP contribution in [0.15, 0.2) is 23.4 Å². The Balaban J connectivity index is 1.69. The van der Waals surface area contributed by atoms with Crippen molar-refractivity contribution in [2.24, 2.45) is 0 Å². The van der Waals surface area contributed by atoms with Crippen LogP contribution in [0, 0.1) is 6.92 Å². The van der Waals surface area contributed by atoms with E-state index in [2.05, 4.69) is 10.2 Å². The molecule has 0 aliphatic carbocycles. The van der Waals surface area contributed by atoms with Crippen molar-refractivity contribution < 1.29 is 13.2 Å². The molecule has 26 heavy (non-hydrogen) atoms. The summed E-state index contributed by atoms with van der Waals surface area (Å²) in [5.74, 6) is -0.163. The Kier molecular flexibility index (Phi) is 5.15. The number of hydrogen-bond acceptors (Lipinski definition) is 5. The number of carbonyl (C=O) groups is 1. The first-order valence-electron chi connectivity index (χ1n) is 8.73. The lowest BCUT2D eigenvalue weighted by Gasteiger charge is -2.33. The van der Waals surface area contributed by atoms with Crippen molar-refractivity contribution in [1.29, 1.82) is 0 Å². The van der Waals surface area contributed by atoms with Gasteiger partial charge < -0.3 is 4.90 Å². The van der Waals surface area contributed by atoms with Gasteiger partial charge in [-0.3, -0.25) is 14.2 Å². The number of piperazine rings is 1. The summed E-state index contributed by atoms with van der Waals surface area (Å²) in [6.45, 7) is 8.09. The van der Waals surface area contributed by atoms with Gasteiger partial charge in [0.25, 0.3) is 5.91 Å². The third kappa shape index (κ3) is 3.38. The van der Waals surface area contributed by atoms with Gasteiger partial charge >= 0.3 is 0 Å². The summed E-state index contributed by atoms with van der Waals surface area (Å²) in [5, 5.41) is 8.44. The van der Waals surface area contributed by atoms with E-state index in [9.17, 15) is 13.2 Å². The average Bonchev–Trinajstić information content (AvgIpc) is 3.27. The molecule has 0 radical (unpaired) electrons. The highest BCUT2D eigenvalue weighted by Crippen LogP contribution is 2.21. The van der Waals surface area contributed by atoms with Gasteiger partial charge in [-0.1, -0.05) is 0 Å². The first-order valence-corrected chi connectivity index (χ1v) is 10.2. The molecule has 3 rings (SSSR count). The molecule has 1 amide bonds. The molecule has 142 valence electrons. The van der Waals surface area contributed by atoms with Crippen molar-refractivity contribution in [1.82, 2.24) is 28.8 Å². The van der Waals surface area contributed by atoms with E-state index in [4.69, 9.17) is 0 Å². The fraction of sp³-hybridized carbons (Fsp3) is 0.562. The predicted octanol–water partition coefficient (Wildman–Crippen LogP) is 0.575. The molecule has 2 aromatic rings. The molecule has 1 saturated heterocycles. The number of carbonyl (C=O) groups excluding carboxylic acids is 1. The number of sulfonamides is 1. The summed E-state index contributed by atoms with van der Waals surface area (Å²) < 4.78 is 30.5. The van der Waals surface area contributed by atoms with E-state index in [-0.39, 0.29) is 23.9 Å². The Hall–Kier alpha value is -2.20. The van der Waals surface area contributed by atoms with E-state index in [0.717, 1.165) is 0 Å². The molecule has 0 spiro atoms. The van der Waals surface area contributed by atoms with Crippen molar-refractivity contribution >= 4 is 15.9 Å². The van der Waals surface area contributed by atoms with Crippen LogP contribution >= 0.6 is 0 Å². The molecule has 3 heterocycles. The van der Waals surface area contributed by atoms with Gasteiger partial charge in [0.2, 0.25) is 10.0 Å². The predicted molar refractivity (Wildman–Crippen MR) is 95.2 cm³/mol. The van der Waals surface area contributed by atoms with Gasteiger partial charge in [0.15, 0.2) is 0 Å². The van der Waals surface area contributed by atoms with Crippen LogP contribution in [0.1, 0.15) is 30.0 Å². The fourth-order valence-electron chi connectivity index (χ4n) is 3.00. The summed E-state index contributed by atoms with van der Waals surface area (Å²) in [6.07, 6.45) is 3.34. The van der Waals surface area contributed by atoms with Crippen molar-refractivity contribution in [3.63, 3.8) is 0 Å². The summed E-state index contributed by atoms with van der Waals surface area (Å²) in [7, 11) is -3.60. The van der Waals surface area contributed by atoms with E-state index < -0.39 is 10.0 Å². The molecule has 1 aliphatic rings. The molecule has 10 heteroatoms. The number of nitrogens with zero attached hydrogens (tertiary/aromatic N) is 6. The molecule has 0 unspecified atom stereocenters. The second-order valence-electron chi connectivity index (χ2n) is 6.19. The van der Waals surface area contributed by atoms with Crippen LogP contribution in [0.4, 0.5) is 0 Å². The monoisotopic (exact) mass is 380 g/mol. The molecule has 0 bridgehead atoms. The maximum Gasteiger partial charge on any atom is 0.274 e. The lowest BCUT2D eigenvalue weighted by atomic mass is 10.3. The fourth-order valence-corrected chi connectivity index (χ4v) is 4.59. The number of aryl methyl sites for hydroxylation is 3. The van der Waals surface area contributed by atoms with Gasteiger partial charge in [0.05, 0.1) is 5.69 Å². The van der Waals surface area contributed by atoms with Gasteiger partial charge in [-0.05, 0) is 26.8 Å². The van der Waals surface area contributed by atoms with Gasteiger partial charge in [-0.2, -0.15) is 14.5 Å². The minimum absolute atomic E-state index is 0.163. The van der Waals surface area contributed by atoms with Gasteiger partial charge in [-0.25, -0.2) is 8.42 Å². The average molecular weight is 380 g/mol. The lowest BCUT2D eigenvalue weighted by Crippen LogP contribution is -2.50. The number of hydrogen-bond donors (Lipinski definition) is 0. The molecule has 1 fully saturated rings. The highest BCUT2D eigenvalue weighted by atomic mass is 32.2. The zero-order valence-corrected chi connectivity index (χ0v) is 16.1. The minimum atomic E-state index is -3.60. The van der Waals surface area contributed by atoms with Gasteiger partial charge in [0, 0.05) is 51.7 Å². The third-order valence-corrected chi connectivity index (χ3v) is 6.55. The van der Waals surface area contributed by atoms with Gasteiger partial charge in [-0.15, -0.1) is 0 Å². The number of amides is 1. The van der Waals surface area contributed by atoms with E-state index in [0.29, 0.717) is 37.6 Å². The second-order valence-corrected chi connectivity index (χ2v) is 8.09. The Morgan fingerprint density at radius 2 is 1.73 bits per heavy atom. The van der Waals surface area contributed by atoms with Crippen molar-refractivity contribution in [3.05, 3.63) is 29.8 Å². The molecule has 0 atom stereocenters. The maximum atomic E-state index is 12.9. The van der Waals surface area contributed by atoms with E-state index in [1.807, 2.05) is 13.8 Å². The Morgan fingerprint density at radius 3 is 2.27 bits per heavy atom. The number of aromatic nitrogens is 4. The van der Waals surface area contributed by atoms with Crippen LogP contribution in [-0.2, 0) is 23.1 Å². The topological polar surface area (TPSA) is 93.3 Å². The number of rotatable bonds is 5. The molecular weight excluding hydrogens is 356 g/mol. The van der Waals surface area contributed by atoms with Crippen LogP contribution in [0.5, 0.6) is 0 Å². The highest BCUT2D eigenvalue weighted by Gasteiger charge is 2.33. The van der Waals surface area contributed by atoms with Crippen LogP contribution in [0.25, 0.3) is 0 Å². The molecule has 0 saturated carbocycles. The van der Waals surface area contributed by atoms with Crippen LogP contribution in [0.2, 0.25) is 0 Å². The summed E-state index contributed by atoms with van der Waals surface area (Å²) >= 11 is 0. The van der Waals surface area contributed by atoms with Crippen molar-refractivity contribution in [2.45, 2.75) is 38.8 Å². The van der Waals surface area contributed by atoms with Crippen molar-refractivity contribution in [3.8, 4) is 0 Å². The molecule has 1 aliphatic heterocycles. The minimum Gasteiger partial charge on any atom is -0.335 e.